The number of benzene rings is 1. The Kier molecular flexibility index (Phi) is 3.85. The van der Waals surface area contributed by atoms with Gasteiger partial charge < -0.3 is 19.9 Å². The molecule has 2 aliphatic rings. The predicted molar refractivity (Wildman–Crippen MR) is 77.2 cm³/mol. The highest BCUT2D eigenvalue weighted by Gasteiger charge is 2.37. The van der Waals surface area contributed by atoms with E-state index < -0.39 is 0 Å². The van der Waals surface area contributed by atoms with Crippen LogP contribution in [0.1, 0.15) is 37.7 Å². The van der Waals surface area contributed by atoms with E-state index >= 15 is 0 Å². The Bertz CT molecular complexity index is 465. The highest BCUT2D eigenvalue weighted by atomic mass is 16.5. The predicted octanol–water partition coefficient (Wildman–Crippen LogP) is 2.59. The van der Waals surface area contributed by atoms with Crippen LogP contribution < -0.4 is 15.2 Å². The highest BCUT2D eigenvalue weighted by molar-refractivity contribution is 5.50. The van der Waals surface area contributed by atoms with E-state index in [1.807, 2.05) is 12.1 Å². The third-order valence-corrected chi connectivity index (χ3v) is 4.43. The minimum absolute atomic E-state index is 0.211. The molecule has 110 valence electrons. The van der Waals surface area contributed by atoms with Crippen molar-refractivity contribution in [3.05, 3.63) is 23.8 Å². The zero-order valence-electron chi connectivity index (χ0n) is 12.1. The van der Waals surface area contributed by atoms with Crippen LogP contribution in [-0.2, 0) is 10.3 Å². The second kappa shape index (κ2) is 5.62. The molecule has 1 aliphatic carbocycles. The molecule has 1 heterocycles. The van der Waals surface area contributed by atoms with E-state index in [1.165, 1.54) is 6.42 Å². The fourth-order valence-electron chi connectivity index (χ4n) is 3.01. The van der Waals surface area contributed by atoms with E-state index in [9.17, 15) is 0 Å². The molecule has 0 bridgehead atoms. The zero-order chi connectivity index (χ0) is 14.0. The number of methoxy groups -OCH3 is 1. The van der Waals surface area contributed by atoms with Crippen LogP contribution in [0.25, 0.3) is 0 Å². The highest BCUT2D eigenvalue weighted by Crippen LogP contribution is 2.46. The summed E-state index contributed by atoms with van der Waals surface area (Å²) in [5, 5.41) is 0. The van der Waals surface area contributed by atoms with Crippen molar-refractivity contribution in [1.82, 2.24) is 0 Å². The average Bonchev–Trinajstić information content (AvgIpc) is 2.45. The quantitative estimate of drug-likeness (QED) is 0.919. The molecule has 3 rings (SSSR count). The van der Waals surface area contributed by atoms with Crippen LogP contribution in [0, 0.1) is 0 Å². The van der Waals surface area contributed by atoms with E-state index in [0.717, 1.165) is 56.0 Å². The molecule has 1 aromatic rings. The molecule has 20 heavy (non-hydrogen) atoms. The standard InChI is InChI=1S/C16H23NO3/c1-18-15-13(16(17)8-3-9-16)4-2-5-14(15)20-12-6-10-19-11-7-12/h2,4-5,12H,3,6-11,17H2,1H3. The molecule has 4 nitrogen and oxygen atoms in total. The largest absolute Gasteiger partial charge is 0.493 e. The zero-order valence-corrected chi connectivity index (χ0v) is 12.1. The molecule has 0 spiro atoms. The summed E-state index contributed by atoms with van der Waals surface area (Å²) in [7, 11) is 1.69. The number of rotatable bonds is 4. The molecule has 1 saturated heterocycles. The Morgan fingerprint density at radius 3 is 2.60 bits per heavy atom. The Labute approximate surface area is 120 Å². The van der Waals surface area contributed by atoms with E-state index in [4.69, 9.17) is 19.9 Å². The Hall–Kier alpha value is -1.26. The van der Waals surface area contributed by atoms with Gasteiger partial charge in [-0.1, -0.05) is 12.1 Å². The van der Waals surface area contributed by atoms with Crippen LogP contribution >= 0.6 is 0 Å². The van der Waals surface area contributed by atoms with Gasteiger partial charge in [0.2, 0.25) is 0 Å². The topological polar surface area (TPSA) is 53.7 Å². The first-order valence-corrected chi connectivity index (χ1v) is 7.44. The van der Waals surface area contributed by atoms with Crippen LogP contribution in [0.3, 0.4) is 0 Å². The summed E-state index contributed by atoms with van der Waals surface area (Å²) in [5.74, 6) is 1.62. The Morgan fingerprint density at radius 1 is 1.25 bits per heavy atom. The second-order valence-electron chi connectivity index (χ2n) is 5.78. The van der Waals surface area contributed by atoms with Gasteiger partial charge in [-0.15, -0.1) is 0 Å². The van der Waals surface area contributed by atoms with Crippen molar-refractivity contribution in [2.75, 3.05) is 20.3 Å². The Balaban J connectivity index is 1.84. The lowest BCUT2D eigenvalue weighted by atomic mass is 9.72. The van der Waals surface area contributed by atoms with Crippen LogP contribution in [0.4, 0.5) is 0 Å². The van der Waals surface area contributed by atoms with Crippen molar-refractivity contribution >= 4 is 0 Å². The number of nitrogens with two attached hydrogens (primary N) is 1. The van der Waals surface area contributed by atoms with Gasteiger partial charge in [0.1, 0.15) is 6.10 Å². The van der Waals surface area contributed by atoms with Crippen molar-refractivity contribution in [2.24, 2.45) is 5.73 Å². The minimum atomic E-state index is -0.236. The third kappa shape index (κ3) is 2.50. The molecule has 0 atom stereocenters. The van der Waals surface area contributed by atoms with Gasteiger partial charge in [0.25, 0.3) is 0 Å². The summed E-state index contributed by atoms with van der Waals surface area (Å²) in [6.07, 6.45) is 5.30. The average molecular weight is 277 g/mol. The van der Waals surface area contributed by atoms with Crippen molar-refractivity contribution in [3.8, 4) is 11.5 Å². The third-order valence-electron chi connectivity index (χ3n) is 4.43. The van der Waals surface area contributed by atoms with Gasteiger partial charge in [-0.05, 0) is 25.3 Å². The van der Waals surface area contributed by atoms with E-state index in [1.54, 1.807) is 7.11 Å². The molecule has 4 heteroatoms. The van der Waals surface area contributed by atoms with Gasteiger partial charge in [0, 0.05) is 23.9 Å². The molecule has 2 fully saturated rings. The number of para-hydroxylation sites is 1. The molecule has 1 aromatic carbocycles. The molecule has 0 amide bonds. The summed E-state index contributed by atoms with van der Waals surface area (Å²) in [6, 6.07) is 6.05. The van der Waals surface area contributed by atoms with Crippen LogP contribution in [0.5, 0.6) is 11.5 Å². The van der Waals surface area contributed by atoms with Gasteiger partial charge in [-0.2, -0.15) is 0 Å². The SMILES string of the molecule is COc1c(OC2CCOCC2)cccc1C1(N)CCC1. The number of hydrogen-bond acceptors (Lipinski definition) is 4. The van der Waals surface area contributed by atoms with Gasteiger partial charge >= 0.3 is 0 Å². The maximum absolute atomic E-state index is 6.45. The second-order valence-corrected chi connectivity index (χ2v) is 5.78. The van der Waals surface area contributed by atoms with Crippen molar-refractivity contribution in [2.45, 2.75) is 43.7 Å². The minimum Gasteiger partial charge on any atom is -0.493 e. The van der Waals surface area contributed by atoms with Gasteiger partial charge in [0.15, 0.2) is 11.5 Å². The summed E-state index contributed by atoms with van der Waals surface area (Å²) in [4.78, 5) is 0. The Morgan fingerprint density at radius 2 is 2.00 bits per heavy atom. The molecule has 0 radical (unpaired) electrons. The summed E-state index contributed by atoms with van der Waals surface area (Å²) in [6.45, 7) is 1.54. The molecular weight excluding hydrogens is 254 g/mol. The van der Waals surface area contributed by atoms with E-state index in [2.05, 4.69) is 6.07 Å². The normalized spacial score (nSPS) is 22.1. The molecule has 0 unspecified atom stereocenters. The fourth-order valence-corrected chi connectivity index (χ4v) is 3.01. The van der Waals surface area contributed by atoms with Crippen LogP contribution in [0.2, 0.25) is 0 Å². The smallest absolute Gasteiger partial charge is 0.165 e. The maximum Gasteiger partial charge on any atom is 0.165 e. The monoisotopic (exact) mass is 277 g/mol. The van der Waals surface area contributed by atoms with Crippen LogP contribution in [-0.4, -0.2) is 26.4 Å². The number of ether oxygens (including phenoxy) is 3. The summed E-state index contributed by atoms with van der Waals surface area (Å²) >= 11 is 0. The van der Waals surface area contributed by atoms with Crippen LogP contribution in [0.15, 0.2) is 18.2 Å². The van der Waals surface area contributed by atoms with Crippen molar-refractivity contribution < 1.29 is 14.2 Å². The summed E-state index contributed by atoms with van der Waals surface area (Å²) in [5.41, 5.74) is 7.29. The van der Waals surface area contributed by atoms with E-state index in [-0.39, 0.29) is 11.6 Å². The molecule has 0 aromatic heterocycles. The molecular formula is C16H23NO3. The van der Waals surface area contributed by atoms with Gasteiger partial charge in [-0.3, -0.25) is 0 Å². The first-order valence-electron chi connectivity index (χ1n) is 7.44. The first-order chi connectivity index (χ1) is 9.73. The first kappa shape index (κ1) is 13.7. The van der Waals surface area contributed by atoms with Crippen molar-refractivity contribution in [3.63, 3.8) is 0 Å². The molecule has 1 aliphatic heterocycles. The van der Waals surface area contributed by atoms with Gasteiger partial charge in [-0.25, -0.2) is 0 Å². The van der Waals surface area contributed by atoms with E-state index in [0.29, 0.717) is 0 Å². The van der Waals surface area contributed by atoms with Crippen molar-refractivity contribution in [1.29, 1.82) is 0 Å². The molecule has 1 saturated carbocycles. The molecule has 2 N–H and O–H groups in total. The lowest BCUT2D eigenvalue weighted by Crippen LogP contribution is -2.43. The lowest BCUT2D eigenvalue weighted by Gasteiger charge is -2.39. The lowest BCUT2D eigenvalue weighted by molar-refractivity contribution is 0.0243. The summed E-state index contributed by atoms with van der Waals surface area (Å²) < 4.78 is 17.1. The maximum atomic E-state index is 6.45. The fraction of sp³-hybridized carbons (Fsp3) is 0.625. The van der Waals surface area contributed by atoms with Gasteiger partial charge in [0.05, 0.1) is 20.3 Å². The number of hydrogen-bond donors (Lipinski definition) is 1.